The molecule has 3 nitrogen and oxygen atoms in total. The molecule has 1 heterocycles. The van der Waals surface area contributed by atoms with E-state index in [1.54, 1.807) is 24.3 Å². The van der Waals surface area contributed by atoms with Crippen molar-refractivity contribution >= 4 is 5.97 Å². The Balaban J connectivity index is 1.59. The summed E-state index contributed by atoms with van der Waals surface area (Å²) in [5, 5.41) is 8.95. The highest BCUT2D eigenvalue weighted by Crippen LogP contribution is 2.28. The summed E-state index contributed by atoms with van der Waals surface area (Å²) in [6.07, 6.45) is 3.31. The molecule has 126 valence electrons. The van der Waals surface area contributed by atoms with Gasteiger partial charge in [0.05, 0.1) is 5.56 Å². The van der Waals surface area contributed by atoms with Gasteiger partial charge in [-0.2, -0.15) is 0 Å². The third kappa shape index (κ3) is 4.20. The first-order valence-electron chi connectivity index (χ1n) is 8.42. The molecule has 0 aromatic heterocycles. The highest BCUT2D eigenvalue weighted by molar-refractivity contribution is 5.87. The molecular formula is C20H22FNO2. The average molecular weight is 327 g/mol. The van der Waals surface area contributed by atoms with E-state index in [0.29, 0.717) is 11.5 Å². The molecule has 3 rings (SSSR count). The van der Waals surface area contributed by atoms with E-state index in [1.807, 2.05) is 24.3 Å². The number of nitrogens with zero attached hydrogens (tertiary/aromatic N) is 1. The van der Waals surface area contributed by atoms with Crippen LogP contribution in [0.3, 0.4) is 0 Å². The summed E-state index contributed by atoms with van der Waals surface area (Å²) in [6.45, 7) is 2.89. The molecule has 1 unspecified atom stereocenters. The van der Waals surface area contributed by atoms with Gasteiger partial charge in [-0.1, -0.05) is 24.3 Å². The van der Waals surface area contributed by atoms with E-state index in [2.05, 4.69) is 4.90 Å². The zero-order valence-electron chi connectivity index (χ0n) is 13.6. The van der Waals surface area contributed by atoms with E-state index < -0.39 is 5.97 Å². The Labute approximate surface area is 141 Å². The summed E-state index contributed by atoms with van der Waals surface area (Å²) < 4.78 is 13.1. The van der Waals surface area contributed by atoms with Crippen LogP contribution in [0.15, 0.2) is 48.5 Å². The number of halogens is 1. The van der Waals surface area contributed by atoms with Crippen molar-refractivity contribution in [2.45, 2.75) is 31.7 Å². The minimum absolute atomic E-state index is 0.182. The molecule has 0 saturated carbocycles. The molecule has 1 N–H and O–H groups in total. The van der Waals surface area contributed by atoms with Crippen LogP contribution < -0.4 is 0 Å². The van der Waals surface area contributed by atoms with Crippen LogP contribution in [0, 0.1) is 5.82 Å². The maximum absolute atomic E-state index is 13.1. The van der Waals surface area contributed by atoms with Crippen LogP contribution in [0.25, 0.3) is 0 Å². The zero-order valence-corrected chi connectivity index (χ0v) is 13.6. The maximum Gasteiger partial charge on any atom is 0.335 e. The normalized spacial score (nSPS) is 19.0. The topological polar surface area (TPSA) is 40.5 Å². The van der Waals surface area contributed by atoms with Gasteiger partial charge in [0.15, 0.2) is 0 Å². The van der Waals surface area contributed by atoms with E-state index >= 15 is 0 Å². The van der Waals surface area contributed by atoms with Crippen LogP contribution in [0.2, 0.25) is 0 Å². The number of aromatic carboxylic acids is 1. The molecule has 1 atom stereocenters. The molecular weight excluding hydrogens is 305 g/mol. The monoisotopic (exact) mass is 327 g/mol. The van der Waals surface area contributed by atoms with Crippen molar-refractivity contribution in [2.75, 3.05) is 13.1 Å². The highest BCUT2D eigenvalue weighted by atomic mass is 19.1. The number of carboxylic acids is 1. The van der Waals surface area contributed by atoms with Crippen LogP contribution in [-0.2, 0) is 6.54 Å². The largest absolute Gasteiger partial charge is 0.478 e. The van der Waals surface area contributed by atoms with Gasteiger partial charge in [0.25, 0.3) is 0 Å². The Morgan fingerprint density at radius 1 is 1.04 bits per heavy atom. The van der Waals surface area contributed by atoms with E-state index in [9.17, 15) is 9.18 Å². The predicted octanol–water partition coefficient (Wildman–Crippen LogP) is 4.29. The van der Waals surface area contributed by atoms with Gasteiger partial charge < -0.3 is 5.11 Å². The lowest BCUT2D eigenvalue weighted by atomic mass is 9.92. The third-order valence-electron chi connectivity index (χ3n) is 4.77. The zero-order chi connectivity index (χ0) is 16.9. The van der Waals surface area contributed by atoms with Crippen LogP contribution >= 0.6 is 0 Å². The Hall–Kier alpha value is -2.20. The van der Waals surface area contributed by atoms with Crippen LogP contribution in [-0.4, -0.2) is 29.1 Å². The second-order valence-electron chi connectivity index (χ2n) is 6.46. The second kappa shape index (κ2) is 7.58. The van der Waals surface area contributed by atoms with Crippen molar-refractivity contribution in [1.29, 1.82) is 0 Å². The number of hydrogen-bond donors (Lipinski definition) is 1. The Bertz CT molecular complexity index is 682. The molecule has 2 aromatic rings. The van der Waals surface area contributed by atoms with Gasteiger partial charge >= 0.3 is 5.97 Å². The Kier molecular flexibility index (Phi) is 5.26. The number of benzene rings is 2. The molecule has 0 aliphatic carbocycles. The Morgan fingerprint density at radius 3 is 2.42 bits per heavy atom. The fraction of sp³-hybridized carbons (Fsp3) is 0.350. The van der Waals surface area contributed by atoms with Gasteiger partial charge in [0.2, 0.25) is 0 Å². The molecule has 1 aliphatic rings. The number of likely N-dealkylation sites (tertiary alicyclic amines) is 1. The molecule has 0 spiro atoms. The highest BCUT2D eigenvalue weighted by Gasteiger charge is 2.18. The van der Waals surface area contributed by atoms with Crippen molar-refractivity contribution in [3.8, 4) is 0 Å². The standard InChI is InChI=1S/C20H22FNO2/c21-19-9-7-17(8-10-19)16-2-1-12-22(13-11-16)14-15-3-5-18(6-4-15)20(23)24/h3-10,16H,1-2,11-14H2,(H,23,24). The molecule has 24 heavy (non-hydrogen) atoms. The van der Waals surface area contributed by atoms with E-state index in [4.69, 9.17) is 5.11 Å². The van der Waals surface area contributed by atoms with E-state index in [-0.39, 0.29) is 5.82 Å². The van der Waals surface area contributed by atoms with Crippen molar-refractivity contribution < 1.29 is 14.3 Å². The number of hydrogen-bond acceptors (Lipinski definition) is 2. The van der Waals surface area contributed by atoms with Gasteiger partial charge in [0.1, 0.15) is 5.82 Å². The summed E-state index contributed by atoms with van der Waals surface area (Å²) >= 11 is 0. The van der Waals surface area contributed by atoms with Gasteiger partial charge in [-0.05, 0) is 73.7 Å². The number of carboxylic acid groups (broad SMARTS) is 1. The molecule has 1 fully saturated rings. The smallest absolute Gasteiger partial charge is 0.335 e. The maximum atomic E-state index is 13.1. The number of carbonyl (C=O) groups is 1. The summed E-state index contributed by atoms with van der Waals surface area (Å²) in [4.78, 5) is 13.3. The molecule has 0 bridgehead atoms. The van der Waals surface area contributed by atoms with Crippen LogP contribution in [0.4, 0.5) is 4.39 Å². The lowest BCUT2D eigenvalue weighted by Crippen LogP contribution is -2.24. The summed E-state index contributed by atoms with van der Waals surface area (Å²) in [5.74, 6) is -0.581. The lowest BCUT2D eigenvalue weighted by Gasteiger charge is -2.20. The number of rotatable bonds is 4. The summed E-state index contributed by atoms with van der Waals surface area (Å²) in [6, 6.07) is 14.0. The Morgan fingerprint density at radius 2 is 1.75 bits per heavy atom. The van der Waals surface area contributed by atoms with Crippen molar-refractivity contribution in [2.24, 2.45) is 0 Å². The first kappa shape index (κ1) is 16.7. The first-order chi connectivity index (χ1) is 11.6. The first-order valence-corrected chi connectivity index (χ1v) is 8.42. The van der Waals surface area contributed by atoms with Gasteiger partial charge in [0, 0.05) is 6.54 Å². The molecule has 0 amide bonds. The van der Waals surface area contributed by atoms with Gasteiger partial charge in [-0.25, -0.2) is 9.18 Å². The molecule has 0 radical (unpaired) electrons. The van der Waals surface area contributed by atoms with Crippen molar-refractivity contribution in [3.63, 3.8) is 0 Å². The average Bonchev–Trinajstić information content (AvgIpc) is 2.82. The molecule has 1 saturated heterocycles. The minimum Gasteiger partial charge on any atom is -0.478 e. The lowest BCUT2D eigenvalue weighted by molar-refractivity contribution is 0.0697. The van der Waals surface area contributed by atoms with Crippen molar-refractivity contribution in [1.82, 2.24) is 4.90 Å². The quantitative estimate of drug-likeness (QED) is 0.910. The molecule has 4 heteroatoms. The van der Waals surface area contributed by atoms with Gasteiger partial charge in [-0.3, -0.25) is 4.90 Å². The fourth-order valence-corrected chi connectivity index (χ4v) is 3.39. The van der Waals surface area contributed by atoms with Gasteiger partial charge in [-0.15, -0.1) is 0 Å². The summed E-state index contributed by atoms with van der Waals surface area (Å²) in [7, 11) is 0. The van der Waals surface area contributed by atoms with Crippen molar-refractivity contribution in [3.05, 3.63) is 71.0 Å². The predicted molar refractivity (Wildman–Crippen MR) is 91.7 cm³/mol. The summed E-state index contributed by atoms with van der Waals surface area (Å²) in [5.41, 5.74) is 2.69. The molecule has 2 aromatic carbocycles. The van der Waals surface area contributed by atoms with Crippen LogP contribution in [0.5, 0.6) is 0 Å². The fourth-order valence-electron chi connectivity index (χ4n) is 3.39. The van der Waals surface area contributed by atoms with E-state index in [0.717, 1.165) is 44.5 Å². The molecule has 1 aliphatic heterocycles. The second-order valence-corrected chi connectivity index (χ2v) is 6.46. The minimum atomic E-state index is -0.890. The van der Waals surface area contributed by atoms with E-state index in [1.165, 1.54) is 5.56 Å². The van der Waals surface area contributed by atoms with Crippen LogP contribution in [0.1, 0.15) is 46.7 Å². The SMILES string of the molecule is O=C(O)c1ccc(CN2CCCC(c3ccc(F)cc3)CC2)cc1. The third-order valence-corrected chi connectivity index (χ3v) is 4.77.